The third-order valence-corrected chi connectivity index (χ3v) is 4.59. The lowest BCUT2D eigenvalue weighted by molar-refractivity contribution is 0.875. The quantitative estimate of drug-likeness (QED) is 0.639. The monoisotopic (exact) mass is 275 g/mol. The minimum Gasteiger partial charge on any atom is -0.385 e. The Bertz CT molecular complexity index is 459. The molecule has 3 nitrogen and oxygen atoms in total. The highest BCUT2D eigenvalue weighted by Crippen LogP contribution is 2.34. The molecule has 2 rings (SSSR count). The average Bonchev–Trinajstić information content (AvgIpc) is 2.89. The molecule has 0 saturated heterocycles. The van der Waals surface area contributed by atoms with Gasteiger partial charge in [-0.15, -0.1) is 11.8 Å². The van der Waals surface area contributed by atoms with Crippen molar-refractivity contribution in [2.75, 3.05) is 0 Å². The molecule has 1 aliphatic carbocycles. The van der Waals surface area contributed by atoms with Crippen molar-refractivity contribution in [3.05, 3.63) is 42.2 Å². The van der Waals surface area contributed by atoms with Gasteiger partial charge in [-0.05, 0) is 37.5 Å². The first kappa shape index (κ1) is 14.0. The maximum Gasteiger partial charge on any atom is 0.109 e. The Balaban J connectivity index is 1.97. The molecule has 0 atom stereocenters. The van der Waals surface area contributed by atoms with Crippen molar-refractivity contribution in [2.24, 2.45) is 10.8 Å². The molecule has 1 aliphatic rings. The van der Waals surface area contributed by atoms with E-state index >= 15 is 0 Å². The number of rotatable bonds is 5. The van der Waals surface area contributed by atoms with Gasteiger partial charge in [0.25, 0.3) is 0 Å². The van der Waals surface area contributed by atoms with Crippen molar-refractivity contribution in [1.82, 2.24) is 5.43 Å². The van der Waals surface area contributed by atoms with Crippen LogP contribution in [0.2, 0.25) is 0 Å². The van der Waals surface area contributed by atoms with Crippen LogP contribution < -0.4 is 11.2 Å². The Morgan fingerprint density at radius 3 is 2.53 bits per heavy atom. The fourth-order valence-electron chi connectivity index (χ4n) is 2.19. The lowest BCUT2D eigenvalue weighted by Crippen LogP contribution is -2.14. The summed E-state index contributed by atoms with van der Waals surface area (Å²) in [7, 11) is 0. The highest BCUT2D eigenvalue weighted by atomic mass is 32.2. The number of nitrogens with one attached hydrogen (secondary N) is 1. The molecule has 0 unspecified atom stereocenters. The molecular weight excluding hydrogens is 254 g/mol. The van der Waals surface area contributed by atoms with Gasteiger partial charge in [0.1, 0.15) is 5.82 Å². The number of hydrogen-bond acceptors (Lipinski definition) is 4. The molecular formula is C15H21N3S. The van der Waals surface area contributed by atoms with Crippen LogP contribution in [0.1, 0.15) is 38.2 Å². The summed E-state index contributed by atoms with van der Waals surface area (Å²) in [6.07, 6.45) is 5.48. The molecule has 0 aliphatic heterocycles. The van der Waals surface area contributed by atoms with E-state index in [2.05, 4.69) is 41.4 Å². The molecule has 0 bridgehead atoms. The number of nitrogens with two attached hydrogens (primary N) is 1. The maximum atomic E-state index is 5.42. The van der Waals surface area contributed by atoms with E-state index in [1.54, 1.807) is 0 Å². The minimum atomic E-state index is 0.354. The van der Waals surface area contributed by atoms with E-state index in [4.69, 9.17) is 5.73 Å². The highest BCUT2D eigenvalue weighted by molar-refractivity contribution is 8.00. The number of hydrogen-bond donors (Lipinski definition) is 2. The summed E-state index contributed by atoms with van der Waals surface area (Å²) >= 11 is 2.00. The smallest absolute Gasteiger partial charge is 0.109 e. The van der Waals surface area contributed by atoms with Crippen LogP contribution >= 0.6 is 11.8 Å². The molecule has 3 N–H and O–H groups in total. The van der Waals surface area contributed by atoms with Crippen molar-refractivity contribution in [3.8, 4) is 0 Å². The number of hydrazone groups is 1. The molecule has 0 radical (unpaired) electrons. The zero-order valence-electron chi connectivity index (χ0n) is 11.4. The second-order valence-corrected chi connectivity index (χ2v) is 6.26. The molecule has 0 aromatic heterocycles. The van der Waals surface area contributed by atoms with Gasteiger partial charge in [-0.1, -0.05) is 31.6 Å². The van der Waals surface area contributed by atoms with Crippen molar-refractivity contribution >= 4 is 17.5 Å². The number of thioether (sulfide) groups is 1. The van der Waals surface area contributed by atoms with E-state index in [0.717, 1.165) is 16.5 Å². The summed E-state index contributed by atoms with van der Waals surface area (Å²) in [6.45, 7) is 5.50. The Labute approximate surface area is 119 Å². The molecule has 0 heterocycles. The maximum absolute atomic E-state index is 5.42. The normalized spacial score (nSPS) is 16.6. The van der Waals surface area contributed by atoms with Crippen LogP contribution in [0.25, 0.3) is 0 Å². The molecule has 19 heavy (non-hydrogen) atoms. The van der Waals surface area contributed by atoms with Crippen LogP contribution in [0, 0.1) is 0 Å². The molecule has 1 aromatic carbocycles. The van der Waals surface area contributed by atoms with E-state index in [0.29, 0.717) is 5.82 Å². The predicted octanol–water partition coefficient (Wildman–Crippen LogP) is 3.46. The topological polar surface area (TPSA) is 50.4 Å². The van der Waals surface area contributed by atoms with Crippen LogP contribution in [0.15, 0.2) is 46.7 Å². The van der Waals surface area contributed by atoms with Crippen molar-refractivity contribution in [3.63, 3.8) is 0 Å². The third kappa shape index (κ3) is 4.31. The first-order valence-electron chi connectivity index (χ1n) is 6.67. The van der Waals surface area contributed by atoms with Gasteiger partial charge in [0.2, 0.25) is 0 Å². The predicted molar refractivity (Wildman–Crippen MR) is 83.2 cm³/mol. The van der Waals surface area contributed by atoms with Gasteiger partial charge in [0.15, 0.2) is 0 Å². The van der Waals surface area contributed by atoms with Crippen molar-refractivity contribution in [2.45, 2.75) is 42.8 Å². The van der Waals surface area contributed by atoms with Gasteiger partial charge in [0, 0.05) is 10.1 Å². The zero-order valence-corrected chi connectivity index (χ0v) is 12.2. The zero-order chi connectivity index (χ0) is 13.7. The largest absolute Gasteiger partial charge is 0.385 e. The van der Waals surface area contributed by atoms with Gasteiger partial charge in [-0.25, -0.2) is 0 Å². The van der Waals surface area contributed by atoms with E-state index < -0.39 is 0 Å². The Kier molecular flexibility index (Phi) is 4.91. The fourth-order valence-corrected chi connectivity index (χ4v) is 3.44. The van der Waals surface area contributed by atoms with E-state index in [1.165, 1.54) is 30.6 Å². The van der Waals surface area contributed by atoms with Gasteiger partial charge in [-0.2, -0.15) is 5.10 Å². The molecule has 1 saturated carbocycles. The Morgan fingerprint density at radius 2 is 1.95 bits per heavy atom. The first-order valence-corrected chi connectivity index (χ1v) is 7.55. The molecule has 1 aromatic rings. The van der Waals surface area contributed by atoms with Crippen LogP contribution in [0.5, 0.6) is 0 Å². The molecule has 4 heteroatoms. The van der Waals surface area contributed by atoms with Crippen LogP contribution in [-0.2, 0) is 0 Å². The minimum absolute atomic E-state index is 0.354. The average molecular weight is 275 g/mol. The second kappa shape index (κ2) is 6.66. The summed E-state index contributed by atoms with van der Waals surface area (Å²) in [5, 5.41) is 4.97. The van der Waals surface area contributed by atoms with Crippen LogP contribution in [-0.4, -0.2) is 11.0 Å². The fraction of sp³-hybridized carbons (Fsp3) is 0.400. The standard InChI is InChI=1S/C15H21N3S/c1-11(17-18-12(2)16)13-7-9-15(10-8-13)19-14-5-3-4-6-14/h7-10,14,18H,2-6,16H2,1H3/b17-11+. The van der Waals surface area contributed by atoms with Gasteiger partial charge in [0.05, 0.1) is 5.71 Å². The van der Waals surface area contributed by atoms with Crippen LogP contribution in [0.3, 0.4) is 0 Å². The summed E-state index contributed by atoms with van der Waals surface area (Å²) < 4.78 is 0. The van der Waals surface area contributed by atoms with Crippen LogP contribution in [0.4, 0.5) is 0 Å². The Hall–Kier alpha value is -1.42. The lowest BCUT2D eigenvalue weighted by Gasteiger charge is -2.09. The lowest BCUT2D eigenvalue weighted by atomic mass is 10.1. The summed E-state index contributed by atoms with van der Waals surface area (Å²) in [5.41, 5.74) is 10.1. The highest BCUT2D eigenvalue weighted by Gasteiger charge is 2.15. The van der Waals surface area contributed by atoms with Gasteiger partial charge in [-0.3, -0.25) is 5.43 Å². The van der Waals surface area contributed by atoms with Crippen molar-refractivity contribution < 1.29 is 0 Å². The van der Waals surface area contributed by atoms with E-state index in [9.17, 15) is 0 Å². The first-order chi connectivity index (χ1) is 9.15. The van der Waals surface area contributed by atoms with E-state index in [1.807, 2.05) is 18.7 Å². The summed E-state index contributed by atoms with van der Waals surface area (Å²) in [5.74, 6) is 0.354. The van der Waals surface area contributed by atoms with Crippen molar-refractivity contribution in [1.29, 1.82) is 0 Å². The molecule has 0 amide bonds. The Morgan fingerprint density at radius 1 is 1.32 bits per heavy atom. The molecule has 102 valence electrons. The summed E-state index contributed by atoms with van der Waals surface area (Å²) in [4.78, 5) is 1.35. The van der Waals surface area contributed by atoms with Gasteiger partial charge < -0.3 is 5.73 Å². The number of benzene rings is 1. The number of nitrogens with zero attached hydrogens (tertiary/aromatic N) is 1. The SMILES string of the molecule is C=C(N)N/N=C(\C)c1ccc(SC2CCCC2)cc1. The summed E-state index contributed by atoms with van der Waals surface area (Å²) in [6, 6.07) is 8.57. The second-order valence-electron chi connectivity index (χ2n) is 4.88. The van der Waals surface area contributed by atoms with E-state index in [-0.39, 0.29) is 0 Å². The van der Waals surface area contributed by atoms with Gasteiger partial charge >= 0.3 is 0 Å². The third-order valence-electron chi connectivity index (χ3n) is 3.24. The molecule has 1 fully saturated rings. The molecule has 0 spiro atoms.